The molecule has 0 aliphatic heterocycles. The maximum absolute atomic E-state index is 12.9. The van der Waals surface area contributed by atoms with Gasteiger partial charge in [0, 0.05) is 18.5 Å². The lowest BCUT2D eigenvalue weighted by Gasteiger charge is -2.05. The van der Waals surface area contributed by atoms with E-state index < -0.39 is 5.97 Å². The van der Waals surface area contributed by atoms with Crippen LogP contribution >= 0.6 is 11.3 Å². The zero-order chi connectivity index (χ0) is 22.5. The number of carbonyl (C=O) groups excluding carboxylic acids is 1. The van der Waals surface area contributed by atoms with Crippen molar-refractivity contribution in [1.82, 2.24) is 14.1 Å². The number of benzene rings is 2. The summed E-state index contributed by atoms with van der Waals surface area (Å²) in [6.07, 6.45) is 0.0856. The number of hydrogen-bond acceptors (Lipinski definition) is 6. The fraction of sp³-hybridized carbons (Fsp3) is 0.261. The van der Waals surface area contributed by atoms with Gasteiger partial charge in [0.2, 0.25) is 0 Å². The Balaban J connectivity index is 1.29. The molecule has 4 rings (SSSR count). The van der Waals surface area contributed by atoms with Crippen molar-refractivity contribution in [3.8, 4) is 5.75 Å². The fourth-order valence-corrected chi connectivity index (χ4v) is 4.07. The zero-order valence-corrected chi connectivity index (χ0v) is 18.3. The lowest BCUT2D eigenvalue weighted by molar-refractivity contribution is -0.145. The van der Waals surface area contributed by atoms with Crippen LogP contribution in [0.5, 0.6) is 5.75 Å². The third kappa shape index (κ3) is 4.88. The molecule has 32 heavy (non-hydrogen) atoms. The number of para-hydroxylation sites is 2. The number of thiazole rings is 1. The molecule has 0 aliphatic rings. The summed E-state index contributed by atoms with van der Waals surface area (Å²) in [5, 5.41) is 2.52. The monoisotopic (exact) mass is 455 g/mol. The van der Waals surface area contributed by atoms with Gasteiger partial charge in [0.1, 0.15) is 29.8 Å². The minimum absolute atomic E-state index is 0.0531. The molecule has 0 unspecified atom stereocenters. The Morgan fingerprint density at radius 3 is 2.50 bits per heavy atom. The number of ether oxygens (including phenoxy) is 2. The van der Waals surface area contributed by atoms with E-state index in [4.69, 9.17) is 9.47 Å². The predicted octanol–water partition coefficient (Wildman–Crippen LogP) is 4.13. The van der Waals surface area contributed by atoms with Crippen molar-refractivity contribution in [1.29, 1.82) is 0 Å². The van der Waals surface area contributed by atoms with Crippen LogP contribution in [-0.4, -0.2) is 20.1 Å². The van der Waals surface area contributed by atoms with E-state index >= 15 is 0 Å². The molecule has 0 saturated heterocycles. The molecule has 9 heteroatoms. The summed E-state index contributed by atoms with van der Waals surface area (Å²) in [6, 6.07) is 13.3. The van der Waals surface area contributed by atoms with Crippen LogP contribution in [0.15, 0.2) is 58.7 Å². The third-order valence-electron chi connectivity index (χ3n) is 4.94. The van der Waals surface area contributed by atoms with Crippen molar-refractivity contribution in [3.05, 3.63) is 80.9 Å². The SMILES string of the molecule is CCn1c(=O)n(CCC(=O)OCc2csc(COc3ccc(F)cc3)n2)c2ccccc21. The third-order valence-corrected chi connectivity index (χ3v) is 5.81. The number of nitrogens with zero attached hydrogens (tertiary/aromatic N) is 3. The second-order valence-electron chi connectivity index (χ2n) is 7.05. The molecule has 0 saturated carbocycles. The molecule has 2 aromatic heterocycles. The maximum atomic E-state index is 12.9. The first-order valence-electron chi connectivity index (χ1n) is 10.2. The molecule has 0 amide bonds. The Kier molecular flexibility index (Phi) is 6.65. The number of imidazole rings is 1. The van der Waals surface area contributed by atoms with Crippen LogP contribution in [0.2, 0.25) is 0 Å². The normalized spacial score (nSPS) is 11.1. The second-order valence-corrected chi connectivity index (χ2v) is 8.00. The van der Waals surface area contributed by atoms with Gasteiger partial charge in [-0.1, -0.05) is 12.1 Å². The van der Waals surface area contributed by atoms with Crippen LogP contribution in [-0.2, 0) is 35.8 Å². The van der Waals surface area contributed by atoms with Gasteiger partial charge in [-0.15, -0.1) is 11.3 Å². The predicted molar refractivity (Wildman–Crippen MR) is 119 cm³/mol. The van der Waals surface area contributed by atoms with Crippen molar-refractivity contribution < 1.29 is 18.7 Å². The highest BCUT2D eigenvalue weighted by atomic mass is 32.1. The highest BCUT2D eigenvalue weighted by Crippen LogP contribution is 2.17. The molecule has 166 valence electrons. The first-order chi connectivity index (χ1) is 15.5. The minimum atomic E-state index is -0.401. The van der Waals surface area contributed by atoms with Gasteiger partial charge in [-0.25, -0.2) is 14.2 Å². The van der Waals surface area contributed by atoms with Gasteiger partial charge in [0.15, 0.2) is 0 Å². The minimum Gasteiger partial charge on any atom is -0.486 e. The number of aryl methyl sites for hydroxylation is 2. The standard InChI is InChI=1S/C23H22FN3O4S/c1-2-26-19-5-3-4-6-20(19)27(23(26)29)12-11-22(28)31-13-17-15-32-21(25-17)14-30-18-9-7-16(24)8-10-18/h3-10,15H,2,11-14H2,1H3. The van der Waals surface area contributed by atoms with Gasteiger partial charge in [0.25, 0.3) is 0 Å². The van der Waals surface area contributed by atoms with Gasteiger partial charge in [-0.05, 0) is 43.3 Å². The molecule has 0 spiro atoms. The van der Waals surface area contributed by atoms with E-state index in [-0.39, 0.29) is 37.7 Å². The van der Waals surface area contributed by atoms with Crippen LogP contribution in [0, 0.1) is 5.82 Å². The first kappa shape index (κ1) is 21.8. The summed E-state index contributed by atoms with van der Waals surface area (Å²) in [4.78, 5) is 29.3. The van der Waals surface area contributed by atoms with E-state index in [9.17, 15) is 14.0 Å². The molecule has 0 atom stereocenters. The molecule has 0 bridgehead atoms. The molecular formula is C23H22FN3O4S. The Bertz CT molecular complexity index is 1280. The van der Waals surface area contributed by atoms with Crippen LogP contribution in [0.1, 0.15) is 24.0 Å². The highest BCUT2D eigenvalue weighted by molar-refractivity contribution is 7.09. The van der Waals surface area contributed by atoms with Crippen LogP contribution in [0.3, 0.4) is 0 Å². The second kappa shape index (κ2) is 9.78. The summed E-state index contributed by atoms with van der Waals surface area (Å²) < 4.78 is 27.1. The van der Waals surface area contributed by atoms with Crippen molar-refractivity contribution in [2.24, 2.45) is 0 Å². The van der Waals surface area contributed by atoms with E-state index in [1.165, 1.54) is 23.5 Å². The van der Waals surface area contributed by atoms with E-state index in [1.807, 2.05) is 31.2 Å². The van der Waals surface area contributed by atoms with Gasteiger partial charge >= 0.3 is 11.7 Å². The smallest absolute Gasteiger partial charge is 0.329 e. The van der Waals surface area contributed by atoms with E-state index in [1.54, 1.807) is 26.6 Å². The Morgan fingerprint density at radius 1 is 1.06 bits per heavy atom. The quantitative estimate of drug-likeness (QED) is 0.355. The van der Waals surface area contributed by atoms with Gasteiger partial charge in [0.05, 0.1) is 23.1 Å². The largest absolute Gasteiger partial charge is 0.486 e. The number of aromatic nitrogens is 3. The zero-order valence-electron chi connectivity index (χ0n) is 17.5. The van der Waals surface area contributed by atoms with E-state index in [0.717, 1.165) is 16.0 Å². The molecule has 0 aliphatic carbocycles. The number of hydrogen-bond donors (Lipinski definition) is 0. The molecule has 7 nitrogen and oxygen atoms in total. The van der Waals surface area contributed by atoms with E-state index in [0.29, 0.717) is 18.0 Å². The Morgan fingerprint density at radius 2 is 1.78 bits per heavy atom. The summed E-state index contributed by atoms with van der Waals surface area (Å²) >= 11 is 1.39. The fourth-order valence-electron chi connectivity index (χ4n) is 3.38. The van der Waals surface area contributed by atoms with Crippen LogP contribution in [0.4, 0.5) is 4.39 Å². The molecule has 4 aromatic rings. The molecule has 0 N–H and O–H groups in total. The average Bonchev–Trinajstić information content (AvgIpc) is 3.37. The molecule has 2 aromatic carbocycles. The highest BCUT2D eigenvalue weighted by Gasteiger charge is 2.14. The number of rotatable bonds is 9. The summed E-state index contributed by atoms with van der Waals surface area (Å²) in [5.41, 5.74) is 2.15. The topological polar surface area (TPSA) is 75.4 Å². The Labute approximate surface area is 187 Å². The number of carbonyl (C=O) groups is 1. The summed E-state index contributed by atoms with van der Waals surface area (Å²) in [7, 11) is 0. The summed E-state index contributed by atoms with van der Waals surface area (Å²) in [5.74, 6) is -0.173. The average molecular weight is 456 g/mol. The lowest BCUT2D eigenvalue weighted by atomic mass is 10.3. The van der Waals surface area contributed by atoms with Crippen molar-refractivity contribution in [2.45, 2.75) is 39.6 Å². The van der Waals surface area contributed by atoms with Gasteiger partial charge in [-0.2, -0.15) is 0 Å². The lowest BCUT2D eigenvalue weighted by Crippen LogP contribution is -2.25. The molecule has 0 fully saturated rings. The van der Waals surface area contributed by atoms with Crippen molar-refractivity contribution >= 4 is 28.3 Å². The summed E-state index contributed by atoms with van der Waals surface area (Å²) in [6.45, 7) is 3.03. The number of esters is 1. The van der Waals surface area contributed by atoms with Gasteiger partial charge in [-0.3, -0.25) is 13.9 Å². The number of halogens is 1. The molecule has 0 radical (unpaired) electrons. The molecular weight excluding hydrogens is 433 g/mol. The maximum Gasteiger partial charge on any atom is 0.329 e. The van der Waals surface area contributed by atoms with Crippen LogP contribution < -0.4 is 10.4 Å². The van der Waals surface area contributed by atoms with Crippen LogP contribution in [0.25, 0.3) is 11.0 Å². The van der Waals surface area contributed by atoms with Crippen molar-refractivity contribution in [2.75, 3.05) is 0 Å². The van der Waals surface area contributed by atoms with Crippen molar-refractivity contribution in [3.63, 3.8) is 0 Å². The molecule has 2 heterocycles. The Hall–Kier alpha value is -3.46. The number of fused-ring (bicyclic) bond motifs is 1. The van der Waals surface area contributed by atoms with E-state index in [2.05, 4.69) is 4.98 Å². The van der Waals surface area contributed by atoms with Gasteiger partial charge < -0.3 is 9.47 Å². The first-order valence-corrected chi connectivity index (χ1v) is 11.1.